The van der Waals surface area contributed by atoms with Crippen LogP contribution < -0.4 is 10.5 Å². The average molecular weight is 680 g/mol. The molecule has 0 aromatic heterocycles. The molecule has 3 unspecified atom stereocenters. The number of carbonyl (C=O) groups excluding carboxylic acids is 1. The van der Waals surface area contributed by atoms with Crippen LogP contribution >= 0.6 is 0 Å². The van der Waals surface area contributed by atoms with Gasteiger partial charge < -0.3 is 69.5 Å². The van der Waals surface area contributed by atoms with Gasteiger partial charge in [-0.15, -0.1) is 0 Å². The molecule has 0 fully saturated rings. The van der Waals surface area contributed by atoms with E-state index in [0.29, 0.717) is 39.6 Å². The molecule has 0 saturated heterocycles. The summed E-state index contributed by atoms with van der Waals surface area (Å²) >= 11 is 0. The van der Waals surface area contributed by atoms with Crippen LogP contribution in [0.5, 0.6) is 40.2 Å². The molecule has 4 rings (SSSR count). The highest BCUT2D eigenvalue weighted by atomic mass is 19.1. The van der Waals surface area contributed by atoms with Gasteiger partial charge >= 0.3 is 5.97 Å². The van der Waals surface area contributed by atoms with Crippen molar-refractivity contribution >= 4 is 5.97 Å². The Morgan fingerprint density at radius 1 is 0.729 bits per heavy atom. The zero-order valence-corrected chi connectivity index (χ0v) is 25.7. The lowest BCUT2D eigenvalue weighted by molar-refractivity contribution is -0.118. The quantitative estimate of drug-likeness (QED) is 0.0582. The maximum Gasteiger partial charge on any atom is 0.338 e. The minimum absolute atomic E-state index is 0.0000306. The zero-order chi connectivity index (χ0) is 34.6. The van der Waals surface area contributed by atoms with Gasteiger partial charge in [0.25, 0.3) is 0 Å². The van der Waals surface area contributed by atoms with Gasteiger partial charge in [0.2, 0.25) is 0 Å². The number of benzene rings is 3. The summed E-state index contributed by atoms with van der Waals surface area (Å²) in [6.07, 6.45) is -4.17. The second-order valence-corrected chi connectivity index (χ2v) is 10.4. The van der Waals surface area contributed by atoms with Gasteiger partial charge in [-0.2, -0.15) is 0 Å². The number of nitrogens with two attached hydrogens (primary N) is 1. The number of carbonyl (C=O) groups is 1. The Morgan fingerprint density at radius 3 is 1.90 bits per heavy atom. The summed E-state index contributed by atoms with van der Waals surface area (Å²) in [5, 5.41) is 60.9. The fourth-order valence-corrected chi connectivity index (χ4v) is 4.76. The number of hydrogen-bond acceptors (Lipinski definition) is 15. The number of rotatable bonds is 18. The van der Waals surface area contributed by atoms with Gasteiger partial charge in [-0.25, -0.2) is 9.18 Å². The van der Waals surface area contributed by atoms with Gasteiger partial charge in [-0.3, -0.25) is 0 Å². The first kappa shape index (κ1) is 36.3. The number of phenols is 6. The molecule has 1 aliphatic rings. The maximum absolute atomic E-state index is 14.1. The van der Waals surface area contributed by atoms with Crippen LogP contribution in [-0.4, -0.2) is 109 Å². The molecule has 262 valence electrons. The minimum atomic E-state index is -1.48. The highest BCUT2D eigenvalue weighted by molar-refractivity contribution is 5.89. The van der Waals surface area contributed by atoms with Gasteiger partial charge in [0.1, 0.15) is 23.4 Å². The predicted octanol–water partition coefficient (Wildman–Crippen LogP) is 2.50. The standard InChI is InChI=1S/C32H38FNO14/c33-21-13-18(1-2-22(21)36)32(41)48-31-29(19-14-24(38)28(40)25(39)15-19)47-26-17-20(35)16-23(37)27(26)30(31)46-12-11-45-10-9-44-8-7-43-6-5-42-4-3-34/h1-2,13-17,29-31,35-40H,3-12,34H2. The third kappa shape index (κ3) is 9.50. The fraction of sp³-hybridized carbons (Fsp3) is 0.406. The van der Waals surface area contributed by atoms with Crippen LogP contribution in [0, 0.1) is 5.82 Å². The topological polar surface area (TPSA) is 229 Å². The molecular weight excluding hydrogens is 641 g/mol. The Hall–Kier alpha value is -4.58. The molecule has 48 heavy (non-hydrogen) atoms. The van der Waals surface area contributed by atoms with E-state index in [1.54, 1.807) is 0 Å². The highest BCUT2D eigenvalue weighted by Crippen LogP contribution is 2.51. The molecule has 1 aliphatic heterocycles. The second-order valence-electron chi connectivity index (χ2n) is 10.4. The molecule has 3 atom stereocenters. The van der Waals surface area contributed by atoms with Crippen molar-refractivity contribution in [3.05, 3.63) is 65.0 Å². The van der Waals surface area contributed by atoms with Crippen molar-refractivity contribution in [3.8, 4) is 40.2 Å². The van der Waals surface area contributed by atoms with E-state index in [0.717, 1.165) is 36.4 Å². The molecule has 0 spiro atoms. The van der Waals surface area contributed by atoms with Crippen LogP contribution in [0.3, 0.4) is 0 Å². The van der Waals surface area contributed by atoms with Gasteiger partial charge in [0, 0.05) is 24.2 Å². The van der Waals surface area contributed by atoms with Gasteiger partial charge in [0.15, 0.2) is 41.0 Å². The van der Waals surface area contributed by atoms with E-state index in [2.05, 4.69) is 0 Å². The smallest absolute Gasteiger partial charge is 0.338 e. The van der Waals surface area contributed by atoms with Crippen molar-refractivity contribution in [1.82, 2.24) is 0 Å². The van der Waals surface area contributed by atoms with Crippen LogP contribution in [0.25, 0.3) is 0 Å². The first-order valence-corrected chi connectivity index (χ1v) is 14.9. The van der Waals surface area contributed by atoms with E-state index < -0.39 is 58.8 Å². The molecule has 8 N–H and O–H groups in total. The molecule has 1 heterocycles. The van der Waals surface area contributed by atoms with Crippen molar-refractivity contribution < 1.29 is 73.0 Å². The number of aromatic hydroxyl groups is 6. The van der Waals surface area contributed by atoms with E-state index in [1.165, 1.54) is 6.07 Å². The van der Waals surface area contributed by atoms with Crippen LogP contribution in [0.2, 0.25) is 0 Å². The number of phenolic OH excluding ortho intramolecular Hbond substituents is 6. The monoisotopic (exact) mass is 679 g/mol. The van der Waals surface area contributed by atoms with Crippen LogP contribution in [0.1, 0.15) is 33.7 Å². The molecule has 0 saturated carbocycles. The average Bonchev–Trinajstić information content (AvgIpc) is 3.05. The van der Waals surface area contributed by atoms with Gasteiger partial charge in [-0.05, 0) is 30.3 Å². The summed E-state index contributed by atoms with van der Waals surface area (Å²) in [6, 6.07) is 7.14. The summed E-state index contributed by atoms with van der Waals surface area (Å²) in [6.45, 7) is 2.84. The van der Waals surface area contributed by atoms with Crippen LogP contribution in [0.4, 0.5) is 4.39 Å². The Kier molecular flexibility index (Phi) is 13.2. The van der Waals surface area contributed by atoms with Crippen LogP contribution in [0.15, 0.2) is 42.5 Å². The van der Waals surface area contributed by atoms with Gasteiger partial charge in [0.05, 0.1) is 70.6 Å². The highest BCUT2D eigenvalue weighted by Gasteiger charge is 2.45. The van der Waals surface area contributed by atoms with E-state index in [4.69, 9.17) is 38.9 Å². The first-order chi connectivity index (χ1) is 23.1. The summed E-state index contributed by atoms with van der Waals surface area (Å²) in [7, 11) is 0. The van der Waals surface area contributed by atoms with Crippen molar-refractivity contribution in [3.63, 3.8) is 0 Å². The Bertz CT molecular complexity index is 1500. The zero-order valence-electron chi connectivity index (χ0n) is 25.7. The Balaban J connectivity index is 1.48. The Labute approximate surface area is 274 Å². The van der Waals surface area contributed by atoms with Crippen molar-refractivity contribution in [1.29, 1.82) is 0 Å². The number of hydrogen-bond donors (Lipinski definition) is 7. The number of ether oxygens (including phenoxy) is 7. The molecule has 3 aromatic carbocycles. The van der Waals surface area contributed by atoms with E-state index in [1.807, 2.05) is 0 Å². The lowest BCUT2D eigenvalue weighted by atomic mass is 9.90. The van der Waals surface area contributed by atoms with E-state index in [-0.39, 0.29) is 54.6 Å². The molecule has 0 amide bonds. The van der Waals surface area contributed by atoms with Crippen molar-refractivity contribution in [2.45, 2.75) is 18.3 Å². The molecule has 0 bridgehead atoms. The fourth-order valence-electron chi connectivity index (χ4n) is 4.76. The third-order valence-corrected chi connectivity index (χ3v) is 6.99. The predicted molar refractivity (Wildman–Crippen MR) is 163 cm³/mol. The number of esters is 1. The second kappa shape index (κ2) is 17.5. The first-order valence-electron chi connectivity index (χ1n) is 14.9. The normalized spacial score (nSPS) is 17.1. The lowest BCUT2D eigenvalue weighted by Gasteiger charge is -2.39. The van der Waals surface area contributed by atoms with Gasteiger partial charge in [-0.1, -0.05) is 0 Å². The van der Waals surface area contributed by atoms with Crippen LogP contribution in [-0.2, 0) is 28.4 Å². The third-order valence-electron chi connectivity index (χ3n) is 6.99. The molecular formula is C32H38FNO14. The SMILES string of the molecule is NCCOCCOCCOCCOCCOC1c2c(O)cc(O)cc2OC(c2cc(O)c(O)c(O)c2)C1OC(=O)c1ccc(O)c(F)c1. The summed E-state index contributed by atoms with van der Waals surface area (Å²) in [5.74, 6) is -6.03. The summed E-state index contributed by atoms with van der Waals surface area (Å²) < 4.78 is 53.5. The molecule has 3 aromatic rings. The Morgan fingerprint density at radius 2 is 1.31 bits per heavy atom. The molecule has 16 heteroatoms. The number of halogens is 1. The summed E-state index contributed by atoms with van der Waals surface area (Å²) in [5.41, 5.74) is 5.05. The largest absolute Gasteiger partial charge is 0.508 e. The van der Waals surface area contributed by atoms with Crippen molar-refractivity contribution in [2.75, 3.05) is 66.0 Å². The minimum Gasteiger partial charge on any atom is -0.508 e. The molecule has 0 radical (unpaired) electrons. The van der Waals surface area contributed by atoms with E-state index >= 15 is 0 Å². The maximum atomic E-state index is 14.1. The van der Waals surface area contributed by atoms with Crippen molar-refractivity contribution in [2.24, 2.45) is 5.73 Å². The molecule has 0 aliphatic carbocycles. The molecule has 15 nitrogen and oxygen atoms in total. The summed E-state index contributed by atoms with van der Waals surface area (Å²) in [4.78, 5) is 13.3. The van der Waals surface area contributed by atoms with E-state index in [9.17, 15) is 39.8 Å². The number of fused-ring (bicyclic) bond motifs is 1. The lowest BCUT2D eigenvalue weighted by Crippen LogP contribution is -2.40.